The van der Waals surface area contributed by atoms with Crippen LogP contribution in [0.15, 0.2) is 24.3 Å². The third-order valence-corrected chi connectivity index (χ3v) is 4.38. The molecule has 21 heavy (non-hydrogen) atoms. The average molecular weight is 290 g/mol. The summed E-state index contributed by atoms with van der Waals surface area (Å²) in [6.07, 6.45) is 3.65. The SMILES string of the molecule is CC(C)c1ccc(C(O)CNCCN2CCCCC2)cc1. The van der Waals surface area contributed by atoms with E-state index in [4.69, 9.17) is 0 Å². The highest BCUT2D eigenvalue weighted by Gasteiger charge is 2.10. The summed E-state index contributed by atoms with van der Waals surface area (Å²) < 4.78 is 0. The highest BCUT2D eigenvalue weighted by atomic mass is 16.3. The number of aliphatic hydroxyl groups is 1. The fourth-order valence-corrected chi connectivity index (χ4v) is 2.88. The Morgan fingerprint density at radius 1 is 1.05 bits per heavy atom. The smallest absolute Gasteiger partial charge is 0.0914 e. The first-order valence-electron chi connectivity index (χ1n) is 8.38. The highest BCUT2D eigenvalue weighted by molar-refractivity contribution is 5.26. The minimum absolute atomic E-state index is 0.410. The lowest BCUT2D eigenvalue weighted by molar-refractivity contribution is 0.169. The zero-order valence-corrected chi connectivity index (χ0v) is 13.5. The van der Waals surface area contributed by atoms with Crippen molar-refractivity contribution in [2.24, 2.45) is 0 Å². The Morgan fingerprint density at radius 2 is 1.67 bits per heavy atom. The highest BCUT2D eigenvalue weighted by Crippen LogP contribution is 2.18. The summed E-state index contributed by atoms with van der Waals surface area (Å²) >= 11 is 0. The van der Waals surface area contributed by atoms with Gasteiger partial charge < -0.3 is 15.3 Å². The van der Waals surface area contributed by atoms with Gasteiger partial charge in [0.05, 0.1) is 6.10 Å². The molecule has 1 heterocycles. The second-order valence-electron chi connectivity index (χ2n) is 6.44. The maximum Gasteiger partial charge on any atom is 0.0914 e. The Morgan fingerprint density at radius 3 is 2.29 bits per heavy atom. The Bertz CT molecular complexity index is 396. The zero-order chi connectivity index (χ0) is 15.1. The molecular weight excluding hydrogens is 260 g/mol. The quantitative estimate of drug-likeness (QED) is 0.758. The predicted octanol–water partition coefficient (Wildman–Crippen LogP) is 2.92. The summed E-state index contributed by atoms with van der Waals surface area (Å²) in [7, 11) is 0. The van der Waals surface area contributed by atoms with Crippen molar-refractivity contribution in [3.63, 3.8) is 0 Å². The molecule has 0 aliphatic carbocycles. The number of likely N-dealkylation sites (tertiary alicyclic amines) is 1. The van der Waals surface area contributed by atoms with Gasteiger partial charge in [0.2, 0.25) is 0 Å². The Balaban J connectivity index is 1.67. The largest absolute Gasteiger partial charge is 0.387 e. The average Bonchev–Trinajstić information content (AvgIpc) is 2.52. The molecule has 1 atom stereocenters. The fraction of sp³-hybridized carbons (Fsp3) is 0.667. The number of hydrogen-bond acceptors (Lipinski definition) is 3. The monoisotopic (exact) mass is 290 g/mol. The van der Waals surface area contributed by atoms with Gasteiger partial charge in [0.1, 0.15) is 0 Å². The van der Waals surface area contributed by atoms with E-state index in [0.717, 1.165) is 18.7 Å². The maximum atomic E-state index is 10.2. The van der Waals surface area contributed by atoms with Crippen LogP contribution < -0.4 is 5.32 Å². The first-order valence-corrected chi connectivity index (χ1v) is 8.38. The van der Waals surface area contributed by atoms with E-state index in [1.807, 2.05) is 12.1 Å². The second-order valence-corrected chi connectivity index (χ2v) is 6.44. The molecule has 0 bridgehead atoms. The Kier molecular flexibility index (Phi) is 6.68. The standard InChI is InChI=1S/C18H30N2O/c1-15(2)16-6-8-17(9-7-16)18(21)14-19-10-13-20-11-4-3-5-12-20/h6-9,15,18-19,21H,3-5,10-14H2,1-2H3. The number of benzene rings is 1. The van der Waals surface area contributed by atoms with Crippen LogP contribution in [0.1, 0.15) is 56.3 Å². The van der Waals surface area contributed by atoms with Crippen molar-refractivity contribution in [1.82, 2.24) is 10.2 Å². The first-order chi connectivity index (χ1) is 10.2. The predicted molar refractivity (Wildman–Crippen MR) is 88.7 cm³/mol. The van der Waals surface area contributed by atoms with E-state index >= 15 is 0 Å². The van der Waals surface area contributed by atoms with Gasteiger partial charge in [-0.05, 0) is 43.0 Å². The number of rotatable bonds is 7. The third kappa shape index (κ3) is 5.42. The summed E-state index contributed by atoms with van der Waals surface area (Å²) in [4.78, 5) is 2.51. The normalized spacial score (nSPS) is 18.1. The van der Waals surface area contributed by atoms with Gasteiger partial charge in [-0.1, -0.05) is 44.5 Å². The molecule has 0 amide bonds. The van der Waals surface area contributed by atoms with E-state index in [1.54, 1.807) is 0 Å². The molecule has 1 saturated heterocycles. The lowest BCUT2D eigenvalue weighted by atomic mass is 10.00. The lowest BCUT2D eigenvalue weighted by Crippen LogP contribution is -2.36. The molecule has 118 valence electrons. The van der Waals surface area contributed by atoms with Gasteiger partial charge in [0, 0.05) is 19.6 Å². The molecule has 1 aromatic carbocycles. The summed E-state index contributed by atoms with van der Waals surface area (Å²) in [5, 5.41) is 13.6. The molecule has 2 rings (SSSR count). The zero-order valence-electron chi connectivity index (χ0n) is 13.5. The Hall–Kier alpha value is -0.900. The van der Waals surface area contributed by atoms with Crippen LogP contribution in [-0.2, 0) is 0 Å². The lowest BCUT2D eigenvalue weighted by Gasteiger charge is -2.26. The summed E-state index contributed by atoms with van der Waals surface area (Å²) in [6.45, 7) is 9.54. The summed E-state index contributed by atoms with van der Waals surface area (Å²) in [5.74, 6) is 0.541. The maximum absolute atomic E-state index is 10.2. The van der Waals surface area contributed by atoms with Gasteiger partial charge in [0.25, 0.3) is 0 Å². The van der Waals surface area contributed by atoms with Crippen molar-refractivity contribution in [2.75, 3.05) is 32.7 Å². The third-order valence-electron chi connectivity index (χ3n) is 4.38. The molecule has 2 N–H and O–H groups in total. The van der Waals surface area contributed by atoms with Gasteiger partial charge in [-0.25, -0.2) is 0 Å². The van der Waals surface area contributed by atoms with Crippen molar-refractivity contribution in [2.45, 2.75) is 45.1 Å². The van der Waals surface area contributed by atoms with E-state index in [2.05, 4.69) is 36.2 Å². The number of piperidine rings is 1. The van der Waals surface area contributed by atoms with Crippen LogP contribution in [0.3, 0.4) is 0 Å². The van der Waals surface area contributed by atoms with Gasteiger partial charge >= 0.3 is 0 Å². The van der Waals surface area contributed by atoms with Crippen LogP contribution in [0.25, 0.3) is 0 Å². The Labute approximate surface area is 129 Å². The van der Waals surface area contributed by atoms with Crippen molar-refractivity contribution in [1.29, 1.82) is 0 Å². The molecule has 0 aromatic heterocycles. The summed E-state index contributed by atoms with van der Waals surface area (Å²) in [6, 6.07) is 8.34. The van der Waals surface area contributed by atoms with E-state index in [9.17, 15) is 5.11 Å². The molecule has 1 aliphatic heterocycles. The molecule has 0 radical (unpaired) electrons. The number of nitrogens with one attached hydrogen (secondary N) is 1. The van der Waals surface area contributed by atoms with Crippen LogP contribution in [0.4, 0.5) is 0 Å². The van der Waals surface area contributed by atoms with Crippen molar-refractivity contribution in [3.05, 3.63) is 35.4 Å². The summed E-state index contributed by atoms with van der Waals surface area (Å²) in [5.41, 5.74) is 2.33. The van der Waals surface area contributed by atoms with E-state index in [0.29, 0.717) is 12.5 Å². The van der Waals surface area contributed by atoms with Crippen LogP contribution in [0, 0.1) is 0 Å². The molecule has 1 fully saturated rings. The second kappa shape index (κ2) is 8.52. The number of hydrogen-bond donors (Lipinski definition) is 2. The van der Waals surface area contributed by atoms with Crippen LogP contribution in [0.2, 0.25) is 0 Å². The van der Waals surface area contributed by atoms with Gasteiger partial charge in [-0.15, -0.1) is 0 Å². The van der Waals surface area contributed by atoms with Crippen LogP contribution >= 0.6 is 0 Å². The van der Waals surface area contributed by atoms with E-state index < -0.39 is 6.10 Å². The molecule has 1 unspecified atom stereocenters. The molecule has 3 nitrogen and oxygen atoms in total. The molecule has 0 saturated carbocycles. The minimum Gasteiger partial charge on any atom is -0.387 e. The molecule has 1 aliphatic rings. The van der Waals surface area contributed by atoms with Gasteiger partial charge in [0.15, 0.2) is 0 Å². The van der Waals surface area contributed by atoms with E-state index in [-0.39, 0.29) is 0 Å². The van der Waals surface area contributed by atoms with Gasteiger partial charge in [-0.2, -0.15) is 0 Å². The first kappa shape index (κ1) is 16.5. The minimum atomic E-state index is -0.410. The van der Waals surface area contributed by atoms with Crippen LogP contribution in [-0.4, -0.2) is 42.7 Å². The molecular formula is C18H30N2O. The van der Waals surface area contributed by atoms with Crippen molar-refractivity contribution >= 4 is 0 Å². The number of nitrogens with zero attached hydrogens (tertiary/aromatic N) is 1. The van der Waals surface area contributed by atoms with E-state index in [1.165, 1.54) is 37.9 Å². The van der Waals surface area contributed by atoms with Crippen LogP contribution in [0.5, 0.6) is 0 Å². The molecule has 3 heteroatoms. The topological polar surface area (TPSA) is 35.5 Å². The fourth-order valence-electron chi connectivity index (χ4n) is 2.88. The van der Waals surface area contributed by atoms with Gasteiger partial charge in [-0.3, -0.25) is 0 Å². The van der Waals surface area contributed by atoms with Crippen molar-refractivity contribution < 1.29 is 5.11 Å². The van der Waals surface area contributed by atoms with Crippen molar-refractivity contribution in [3.8, 4) is 0 Å². The molecule has 1 aromatic rings. The number of aliphatic hydroxyl groups excluding tert-OH is 1. The molecule has 0 spiro atoms.